The molecule has 2 fully saturated rings. The molecule has 0 bridgehead atoms. The molecule has 0 spiro atoms. The summed E-state index contributed by atoms with van der Waals surface area (Å²) in [7, 11) is 1.66. The van der Waals surface area contributed by atoms with Crippen molar-refractivity contribution in [3.63, 3.8) is 0 Å². The first-order chi connectivity index (χ1) is 17.7. The first-order valence-corrected chi connectivity index (χ1v) is 13.2. The normalized spacial score (nSPS) is 20.4. The highest BCUT2D eigenvalue weighted by Crippen LogP contribution is 2.38. The molecule has 4 heterocycles. The maximum atomic E-state index is 13.3. The molecule has 2 unspecified atom stereocenters. The van der Waals surface area contributed by atoms with Crippen LogP contribution >= 0.6 is 0 Å². The molecule has 1 N–H and O–H groups in total. The fourth-order valence-corrected chi connectivity index (χ4v) is 6.18. The van der Waals surface area contributed by atoms with Crippen molar-refractivity contribution in [2.24, 2.45) is 5.92 Å². The minimum absolute atomic E-state index is 0.0431. The van der Waals surface area contributed by atoms with E-state index in [0.717, 1.165) is 51.1 Å². The highest BCUT2D eigenvalue weighted by Gasteiger charge is 2.33. The van der Waals surface area contributed by atoms with E-state index in [4.69, 9.17) is 9.15 Å². The van der Waals surface area contributed by atoms with Gasteiger partial charge in [0.15, 0.2) is 5.58 Å². The maximum absolute atomic E-state index is 13.3. The van der Waals surface area contributed by atoms with Gasteiger partial charge in [-0.1, -0.05) is 24.6 Å². The Morgan fingerprint density at radius 2 is 1.94 bits per heavy atom. The van der Waals surface area contributed by atoms with Crippen LogP contribution in [0.4, 0.5) is 0 Å². The van der Waals surface area contributed by atoms with Crippen LogP contribution < -0.4 is 10.1 Å². The van der Waals surface area contributed by atoms with Crippen LogP contribution in [0.5, 0.6) is 5.75 Å². The minimum atomic E-state index is 0.0431. The summed E-state index contributed by atoms with van der Waals surface area (Å²) in [6, 6.07) is 16.5. The van der Waals surface area contributed by atoms with Gasteiger partial charge in [-0.15, -0.1) is 0 Å². The zero-order chi connectivity index (χ0) is 24.5. The average Bonchev–Trinajstić information content (AvgIpc) is 3.30. The number of amides is 1. The standard InChI is InChI=1S/C30H33N3O3/c1-35-23-12-9-21(10-13-23)29-25(24-14-11-20-6-4-15-31-28(20)30(24)36-29)18-27(34)32-19-22-7-5-17-33-16-3-2-8-26(22)33/h4,6,9-15,22,26H,2-3,5,7-8,16-19H2,1H3,(H,32,34). The molecule has 36 heavy (non-hydrogen) atoms. The third-order valence-electron chi connectivity index (χ3n) is 8.01. The molecule has 0 aliphatic carbocycles. The average molecular weight is 484 g/mol. The van der Waals surface area contributed by atoms with Gasteiger partial charge in [-0.2, -0.15) is 0 Å². The van der Waals surface area contributed by atoms with Crippen molar-refractivity contribution in [2.45, 2.75) is 44.6 Å². The number of hydrogen-bond acceptors (Lipinski definition) is 5. The monoisotopic (exact) mass is 483 g/mol. The van der Waals surface area contributed by atoms with Gasteiger partial charge in [-0.3, -0.25) is 9.78 Å². The summed E-state index contributed by atoms with van der Waals surface area (Å²) >= 11 is 0. The third kappa shape index (κ3) is 4.35. The van der Waals surface area contributed by atoms with Crippen molar-refractivity contribution in [1.29, 1.82) is 0 Å². The molecule has 2 saturated heterocycles. The van der Waals surface area contributed by atoms with E-state index in [0.29, 0.717) is 12.0 Å². The largest absolute Gasteiger partial charge is 0.497 e. The van der Waals surface area contributed by atoms with E-state index in [1.54, 1.807) is 13.3 Å². The number of carbonyl (C=O) groups excluding carboxylic acids is 1. The summed E-state index contributed by atoms with van der Waals surface area (Å²) in [6.45, 7) is 3.17. The van der Waals surface area contributed by atoms with Gasteiger partial charge in [-0.05, 0) is 75.0 Å². The minimum Gasteiger partial charge on any atom is -0.497 e. The van der Waals surface area contributed by atoms with Gasteiger partial charge in [0.25, 0.3) is 0 Å². The van der Waals surface area contributed by atoms with Crippen LogP contribution in [0.3, 0.4) is 0 Å². The molecular formula is C30H33N3O3. The number of pyridine rings is 1. The van der Waals surface area contributed by atoms with Crippen LogP contribution in [-0.4, -0.2) is 48.6 Å². The Hall–Kier alpha value is -3.38. The smallest absolute Gasteiger partial charge is 0.224 e. The number of hydrogen-bond donors (Lipinski definition) is 1. The Morgan fingerprint density at radius 3 is 2.81 bits per heavy atom. The first kappa shape index (κ1) is 23.0. The second-order valence-corrected chi connectivity index (χ2v) is 10.1. The number of carbonyl (C=O) groups is 1. The van der Waals surface area contributed by atoms with E-state index in [1.165, 1.54) is 45.2 Å². The van der Waals surface area contributed by atoms with E-state index in [1.807, 2.05) is 36.4 Å². The predicted octanol–water partition coefficient (Wildman–Crippen LogP) is 5.58. The molecule has 2 aromatic carbocycles. The van der Waals surface area contributed by atoms with Gasteiger partial charge in [0.05, 0.1) is 13.5 Å². The first-order valence-electron chi connectivity index (χ1n) is 13.2. The highest BCUT2D eigenvalue weighted by molar-refractivity contribution is 6.06. The van der Waals surface area contributed by atoms with Gasteiger partial charge in [-0.25, -0.2) is 0 Å². The summed E-state index contributed by atoms with van der Waals surface area (Å²) in [6.07, 6.45) is 8.35. The summed E-state index contributed by atoms with van der Waals surface area (Å²) in [5, 5.41) is 5.24. The Morgan fingerprint density at radius 1 is 1.08 bits per heavy atom. The molecule has 1 amide bonds. The van der Waals surface area contributed by atoms with Crippen molar-refractivity contribution < 1.29 is 13.9 Å². The van der Waals surface area contributed by atoms with E-state index in [-0.39, 0.29) is 12.3 Å². The Labute approximate surface area is 211 Å². The van der Waals surface area contributed by atoms with Gasteiger partial charge >= 0.3 is 0 Å². The number of piperidine rings is 2. The molecule has 2 aromatic heterocycles. The van der Waals surface area contributed by atoms with Crippen molar-refractivity contribution in [3.8, 4) is 17.1 Å². The van der Waals surface area contributed by atoms with Crippen LogP contribution in [0.15, 0.2) is 59.1 Å². The molecule has 6 nitrogen and oxygen atoms in total. The lowest BCUT2D eigenvalue weighted by Crippen LogP contribution is -2.51. The number of benzene rings is 2. The fourth-order valence-electron chi connectivity index (χ4n) is 6.18. The fraction of sp³-hybridized carbons (Fsp3) is 0.400. The van der Waals surface area contributed by atoms with E-state index >= 15 is 0 Å². The number of furan rings is 1. The second kappa shape index (κ2) is 9.94. The number of nitrogens with zero attached hydrogens (tertiary/aromatic N) is 2. The molecular weight excluding hydrogens is 450 g/mol. The number of nitrogens with one attached hydrogen (secondary N) is 1. The van der Waals surface area contributed by atoms with Crippen molar-refractivity contribution in [2.75, 3.05) is 26.7 Å². The van der Waals surface area contributed by atoms with E-state index in [9.17, 15) is 4.79 Å². The molecule has 4 aromatic rings. The second-order valence-electron chi connectivity index (χ2n) is 10.1. The lowest BCUT2D eigenvalue weighted by Gasteiger charge is -2.44. The SMILES string of the molecule is COc1ccc(-c2oc3c(ccc4cccnc43)c2CC(=O)NCC2CCCN3CCCCC23)cc1. The summed E-state index contributed by atoms with van der Waals surface area (Å²) in [5.74, 6) is 2.09. The number of ether oxygens (including phenoxy) is 1. The van der Waals surface area contributed by atoms with Crippen molar-refractivity contribution in [1.82, 2.24) is 15.2 Å². The van der Waals surface area contributed by atoms with Gasteiger partial charge < -0.3 is 19.4 Å². The zero-order valence-electron chi connectivity index (χ0n) is 20.8. The molecule has 6 rings (SSSR count). The highest BCUT2D eigenvalue weighted by atomic mass is 16.5. The van der Waals surface area contributed by atoms with E-state index in [2.05, 4.69) is 27.3 Å². The van der Waals surface area contributed by atoms with Crippen molar-refractivity contribution in [3.05, 3.63) is 60.3 Å². The molecule has 0 saturated carbocycles. The Bertz CT molecular complexity index is 1380. The number of rotatable bonds is 6. The number of aromatic nitrogens is 1. The Kier molecular flexibility index (Phi) is 6.36. The van der Waals surface area contributed by atoms with Crippen LogP contribution in [-0.2, 0) is 11.2 Å². The maximum Gasteiger partial charge on any atom is 0.224 e. The van der Waals surface area contributed by atoms with Crippen LogP contribution in [0.1, 0.15) is 37.7 Å². The van der Waals surface area contributed by atoms with Crippen molar-refractivity contribution >= 4 is 27.8 Å². The molecule has 6 heteroatoms. The predicted molar refractivity (Wildman–Crippen MR) is 142 cm³/mol. The van der Waals surface area contributed by atoms with E-state index < -0.39 is 0 Å². The Balaban J connectivity index is 1.29. The number of methoxy groups -OCH3 is 1. The molecule has 2 atom stereocenters. The van der Waals surface area contributed by atoms with Crippen LogP contribution in [0.25, 0.3) is 33.2 Å². The lowest BCUT2D eigenvalue weighted by molar-refractivity contribution is -0.120. The summed E-state index contributed by atoms with van der Waals surface area (Å²) in [5.41, 5.74) is 3.37. The lowest BCUT2D eigenvalue weighted by atomic mass is 9.83. The molecule has 186 valence electrons. The van der Waals surface area contributed by atoms with Crippen LogP contribution in [0.2, 0.25) is 0 Å². The van der Waals surface area contributed by atoms with Crippen LogP contribution in [0, 0.1) is 5.92 Å². The van der Waals surface area contributed by atoms with Gasteiger partial charge in [0.1, 0.15) is 17.0 Å². The topological polar surface area (TPSA) is 67.6 Å². The quantitative estimate of drug-likeness (QED) is 0.388. The molecule has 2 aliphatic rings. The zero-order valence-corrected chi connectivity index (χ0v) is 20.8. The number of fused-ring (bicyclic) bond motifs is 4. The summed E-state index contributed by atoms with van der Waals surface area (Å²) < 4.78 is 11.8. The summed E-state index contributed by atoms with van der Waals surface area (Å²) in [4.78, 5) is 20.5. The molecule has 0 radical (unpaired) electrons. The van der Waals surface area contributed by atoms with Gasteiger partial charge in [0, 0.05) is 40.7 Å². The molecule has 2 aliphatic heterocycles. The van der Waals surface area contributed by atoms with Gasteiger partial charge in [0.2, 0.25) is 5.91 Å². The third-order valence-corrected chi connectivity index (χ3v) is 8.01.